The van der Waals surface area contributed by atoms with Gasteiger partial charge in [0.2, 0.25) is 0 Å². The van der Waals surface area contributed by atoms with Gasteiger partial charge in [0.15, 0.2) is 0 Å². The van der Waals surface area contributed by atoms with E-state index in [0.717, 1.165) is 13.1 Å². The summed E-state index contributed by atoms with van der Waals surface area (Å²) in [5.41, 5.74) is 4.27. The summed E-state index contributed by atoms with van der Waals surface area (Å²) in [6.07, 6.45) is 2.37. The Balaban J connectivity index is 2.03. The minimum Gasteiger partial charge on any atom is -0.291 e. The zero-order chi connectivity index (χ0) is 12.3. The summed E-state index contributed by atoms with van der Waals surface area (Å²) in [4.78, 5) is 2.25. The van der Waals surface area contributed by atoms with Crippen LogP contribution in [0.4, 0.5) is 0 Å². The number of likely N-dealkylation sites (tertiary alicyclic amines) is 1. The highest BCUT2D eigenvalue weighted by Crippen LogP contribution is 2.30. The molecule has 2 nitrogen and oxygen atoms in total. The van der Waals surface area contributed by atoms with Gasteiger partial charge in [-0.3, -0.25) is 4.90 Å². The predicted molar refractivity (Wildman–Crippen MR) is 69.9 cm³/mol. The molecule has 0 bridgehead atoms. The lowest BCUT2D eigenvalue weighted by molar-refractivity contribution is 0.234. The standard InChI is InChI=1S/C15H20N2/c1-12-3-4-15(13(2)11-12)14-5-8-17(9-6-14)10-7-16/h3-4,11,14H,5-6,8-10H2,1-2H3. The van der Waals surface area contributed by atoms with Crippen molar-refractivity contribution in [2.45, 2.75) is 32.6 Å². The summed E-state index contributed by atoms with van der Waals surface area (Å²) >= 11 is 0. The van der Waals surface area contributed by atoms with Gasteiger partial charge in [-0.05, 0) is 56.8 Å². The number of hydrogen-bond donors (Lipinski definition) is 0. The van der Waals surface area contributed by atoms with Crippen molar-refractivity contribution in [3.8, 4) is 6.07 Å². The quantitative estimate of drug-likeness (QED) is 0.728. The summed E-state index contributed by atoms with van der Waals surface area (Å²) < 4.78 is 0. The van der Waals surface area contributed by atoms with Crippen LogP contribution in [0.25, 0.3) is 0 Å². The van der Waals surface area contributed by atoms with Crippen molar-refractivity contribution in [2.24, 2.45) is 0 Å². The molecule has 0 saturated carbocycles. The summed E-state index contributed by atoms with van der Waals surface area (Å²) in [6, 6.07) is 9.01. The fraction of sp³-hybridized carbons (Fsp3) is 0.533. The van der Waals surface area contributed by atoms with E-state index in [-0.39, 0.29) is 0 Å². The Morgan fingerprint density at radius 1 is 1.29 bits per heavy atom. The lowest BCUT2D eigenvalue weighted by atomic mass is 9.86. The molecule has 2 rings (SSSR count). The number of hydrogen-bond acceptors (Lipinski definition) is 2. The van der Waals surface area contributed by atoms with Gasteiger partial charge < -0.3 is 0 Å². The molecule has 0 aromatic heterocycles. The van der Waals surface area contributed by atoms with Gasteiger partial charge in [-0.1, -0.05) is 23.8 Å². The normalized spacial score (nSPS) is 17.9. The maximum absolute atomic E-state index is 8.68. The molecule has 1 saturated heterocycles. The van der Waals surface area contributed by atoms with E-state index in [0.29, 0.717) is 12.5 Å². The Kier molecular flexibility index (Phi) is 3.81. The van der Waals surface area contributed by atoms with Crippen LogP contribution in [-0.4, -0.2) is 24.5 Å². The van der Waals surface area contributed by atoms with Gasteiger partial charge in [0.1, 0.15) is 0 Å². The van der Waals surface area contributed by atoms with Crippen molar-refractivity contribution in [3.05, 3.63) is 34.9 Å². The average molecular weight is 228 g/mol. The fourth-order valence-electron chi connectivity index (χ4n) is 2.79. The maximum atomic E-state index is 8.68. The third kappa shape index (κ3) is 2.87. The molecule has 1 aliphatic heterocycles. The second kappa shape index (κ2) is 5.33. The van der Waals surface area contributed by atoms with Gasteiger partial charge in [0, 0.05) is 0 Å². The van der Waals surface area contributed by atoms with Crippen LogP contribution >= 0.6 is 0 Å². The fourth-order valence-corrected chi connectivity index (χ4v) is 2.79. The smallest absolute Gasteiger partial charge is 0.0865 e. The monoisotopic (exact) mass is 228 g/mol. The van der Waals surface area contributed by atoms with E-state index < -0.39 is 0 Å². The molecule has 90 valence electrons. The highest BCUT2D eigenvalue weighted by molar-refractivity contribution is 5.33. The van der Waals surface area contributed by atoms with Gasteiger partial charge in [-0.15, -0.1) is 0 Å². The molecule has 1 heterocycles. The van der Waals surface area contributed by atoms with Crippen LogP contribution in [0.2, 0.25) is 0 Å². The first kappa shape index (κ1) is 12.1. The minimum atomic E-state index is 0.583. The highest BCUT2D eigenvalue weighted by atomic mass is 15.1. The highest BCUT2D eigenvalue weighted by Gasteiger charge is 2.21. The van der Waals surface area contributed by atoms with Crippen LogP contribution < -0.4 is 0 Å². The van der Waals surface area contributed by atoms with Gasteiger partial charge in [-0.2, -0.15) is 5.26 Å². The van der Waals surface area contributed by atoms with E-state index in [1.165, 1.54) is 29.5 Å². The molecular formula is C15H20N2. The first-order chi connectivity index (χ1) is 8.20. The Hall–Kier alpha value is -1.33. The molecule has 17 heavy (non-hydrogen) atoms. The van der Waals surface area contributed by atoms with Crippen molar-refractivity contribution in [3.63, 3.8) is 0 Å². The maximum Gasteiger partial charge on any atom is 0.0865 e. The summed E-state index contributed by atoms with van der Waals surface area (Å²) in [6.45, 7) is 7.06. The average Bonchev–Trinajstić information content (AvgIpc) is 2.31. The number of aryl methyl sites for hydroxylation is 2. The Labute approximate surface area is 104 Å². The lowest BCUT2D eigenvalue weighted by Gasteiger charge is -2.31. The van der Waals surface area contributed by atoms with E-state index in [1.54, 1.807) is 0 Å². The molecule has 1 aromatic carbocycles. The van der Waals surface area contributed by atoms with Gasteiger partial charge in [0.05, 0.1) is 12.6 Å². The first-order valence-corrected chi connectivity index (χ1v) is 6.37. The third-order valence-electron chi connectivity index (χ3n) is 3.75. The SMILES string of the molecule is Cc1ccc(C2CCN(CC#N)CC2)c(C)c1. The van der Waals surface area contributed by atoms with Crippen molar-refractivity contribution in [1.82, 2.24) is 4.90 Å². The van der Waals surface area contributed by atoms with Crippen LogP contribution in [0.5, 0.6) is 0 Å². The number of nitrogens with zero attached hydrogens (tertiary/aromatic N) is 2. The van der Waals surface area contributed by atoms with Crippen LogP contribution in [0, 0.1) is 25.2 Å². The number of benzene rings is 1. The Morgan fingerprint density at radius 3 is 2.59 bits per heavy atom. The zero-order valence-electron chi connectivity index (χ0n) is 10.7. The molecule has 0 N–H and O–H groups in total. The third-order valence-corrected chi connectivity index (χ3v) is 3.75. The molecule has 0 amide bonds. The molecule has 0 unspecified atom stereocenters. The van der Waals surface area contributed by atoms with Gasteiger partial charge >= 0.3 is 0 Å². The van der Waals surface area contributed by atoms with Crippen LogP contribution in [-0.2, 0) is 0 Å². The van der Waals surface area contributed by atoms with Crippen molar-refractivity contribution in [1.29, 1.82) is 5.26 Å². The van der Waals surface area contributed by atoms with Crippen molar-refractivity contribution < 1.29 is 0 Å². The molecule has 0 spiro atoms. The molecule has 1 aliphatic rings. The minimum absolute atomic E-state index is 0.583. The lowest BCUT2D eigenvalue weighted by Crippen LogP contribution is -2.33. The molecule has 0 aliphatic carbocycles. The Bertz CT molecular complexity index is 423. The number of piperidine rings is 1. The van der Waals surface area contributed by atoms with Crippen LogP contribution in [0.3, 0.4) is 0 Å². The molecule has 1 fully saturated rings. The second-order valence-electron chi connectivity index (χ2n) is 5.07. The summed E-state index contributed by atoms with van der Waals surface area (Å²) in [5.74, 6) is 0.686. The second-order valence-corrected chi connectivity index (χ2v) is 5.07. The van der Waals surface area contributed by atoms with E-state index in [9.17, 15) is 0 Å². The van der Waals surface area contributed by atoms with E-state index >= 15 is 0 Å². The van der Waals surface area contributed by atoms with Crippen molar-refractivity contribution >= 4 is 0 Å². The molecule has 0 atom stereocenters. The molecule has 2 heteroatoms. The van der Waals surface area contributed by atoms with Crippen LogP contribution in [0.15, 0.2) is 18.2 Å². The Morgan fingerprint density at radius 2 is 2.00 bits per heavy atom. The zero-order valence-corrected chi connectivity index (χ0v) is 10.7. The molecule has 1 aromatic rings. The van der Waals surface area contributed by atoms with Crippen molar-refractivity contribution in [2.75, 3.05) is 19.6 Å². The topological polar surface area (TPSA) is 27.0 Å². The summed E-state index contributed by atoms with van der Waals surface area (Å²) in [7, 11) is 0. The molecular weight excluding hydrogens is 208 g/mol. The number of rotatable bonds is 2. The van der Waals surface area contributed by atoms with E-state index in [1.807, 2.05) is 0 Å². The van der Waals surface area contributed by atoms with Crippen LogP contribution in [0.1, 0.15) is 35.4 Å². The van der Waals surface area contributed by atoms with Gasteiger partial charge in [-0.25, -0.2) is 0 Å². The van der Waals surface area contributed by atoms with Gasteiger partial charge in [0.25, 0.3) is 0 Å². The van der Waals surface area contributed by atoms with E-state index in [4.69, 9.17) is 5.26 Å². The first-order valence-electron chi connectivity index (χ1n) is 6.37. The summed E-state index contributed by atoms with van der Waals surface area (Å²) in [5, 5.41) is 8.68. The number of nitriles is 1. The predicted octanol–water partition coefficient (Wildman–Crippen LogP) is 3.01. The van der Waals surface area contributed by atoms with E-state index in [2.05, 4.69) is 43.0 Å². The molecule has 0 radical (unpaired) electrons. The largest absolute Gasteiger partial charge is 0.291 e.